The molecular formula is C32H22N2O. The number of hydrogen-bond donors (Lipinski definition) is 0. The van der Waals surface area contributed by atoms with Gasteiger partial charge in [0.2, 0.25) is 5.91 Å². The molecule has 0 saturated carbocycles. The van der Waals surface area contributed by atoms with E-state index in [0.717, 1.165) is 38.6 Å². The second-order valence-electron chi connectivity index (χ2n) is 9.02. The number of carbonyl (C=O) groups is 1. The molecule has 5 aromatic carbocycles. The van der Waals surface area contributed by atoms with Crippen molar-refractivity contribution < 1.29 is 4.79 Å². The summed E-state index contributed by atoms with van der Waals surface area (Å²) in [7, 11) is 0. The van der Waals surface area contributed by atoms with Crippen LogP contribution in [0.15, 0.2) is 115 Å². The highest BCUT2D eigenvalue weighted by atomic mass is 16.1. The predicted octanol–water partition coefficient (Wildman–Crippen LogP) is 8.22. The van der Waals surface area contributed by atoms with Crippen LogP contribution in [-0.4, -0.2) is 15.0 Å². The third-order valence-electron chi connectivity index (χ3n) is 7.01. The second kappa shape index (κ2) is 7.44. The number of carbonyl (C=O) groups excluding carboxylic acids is 1. The first-order valence-corrected chi connectivity index (χ1v) is 11.8. The second-order valence-corrected chi connectivity index (χ2v) is 9.02. The van der Waals surface area contributed by atoms with Crippen molar-refractivity contribution in [3.05, 3.63) is 115 Å². The van der Waals surface area contributed by atoms with E-state index in [4.69, 9.17) is 0 Å². The molecule has 0 N–H and O–H groups in total. The van der Waals surface area contributed by atoms with Crippen LogP contribution in [0.2, 0.25) is 0 Å². The number of aromatic nitrogens is 2. The molecule has 7 rings (SSSR count). The third kappa shape index (κ3) is 2.88. The average Bonchev–Trinajstić information content (AvgIpc) is 3.41. The maximum Gasteiger partial charge on any atom is 0.228 e. The van der Waals surface area contributed by atoms with Gasteiger partial charge in [-0.15, -0.1) is 0 Å². The van der Waals surface area contributed by atoms with Gasteiger partial charge in [-0.2, -0.15) is 0 Å². The average molecular weight is 451 g/mol. The van der Waals surface area contributed by atoms with Crippen LogP contribution in [0.1, 0.15) is 11.7 Å². The number of hydrogen-bond acceptors (Lipinski definition) is 1. The highest BCUT2D eigenvalue weighted by Crippen LogP contribution is 2.35. The summed E-state index contributed by atoms with van der Waals surface area (Å²) in [4.78, 5) is 12.4. The van der Waals surface area contributed by atoms with E-state index < -0.39 is 0 Å². The van der Waals surface area contributed by atoms with Gasteiger partial charge in [-0.25, -0.2) is 0 Å². The summed E-state index contributed by atoms with van der Waals surface area (Å²) in [6.07, 6.45) is 0. The van der Waals surface area contributed by atoms with Crippen molar-refractivity contribution in [2.45, 2.75) is 6.92 Å². The molecule has 2 heterocycles. The first-order valence-electron chi connectivity index (χ1n) is 11.8. The molecule has 0 unspecified atom stereocenters. The van der Waals surface area contributed by atoms with Crippen LogP contribution in [0.3, 0.4) is 0 Å². The van der Waals surface area contributed by atoms with Gasteiger partial charge >= 0.3 is 0 Å². The Labute approximate surface area is 202 Å². The van der Waals surface area contributed by atoms with Crippen molar-refractivity contribution in [2.75, 3.05) is 0 Å². The van der Waals surface area contributed by atoms with E-state index in [-0.39, 0.29) is 5.91 Å². The lowest BCUT2D eigenvalue weighted by Gasteiger charge is -2.11. The first-order chi connectivity index (χ1) is 17.2. The lowest BCUT2D eigenvalue weighted by molar-refractivity contribution is 0.0946. The molecule has 0 spiro atoms. The minimum atomic E-state index is 0.0253. The number of para-hydroxylation sites is 3. The van der Waals surface area contributed by atoms with E-state index in [2.05, 4.69) is 102 Å². The summed E-state index contributed by atoms with van der Waals surface area (Å²) < 4.78 is 4.15. The van der Waals surface area contributed by atoms with Crippen LogP contribution in [-0.2, 0) is 0 Å². The van der Waals surface area contributed by atoms with Gasteiger partial charge in [-0.05, 0) is 53.6 Å². The Morgan fingerprint density at radius 2 is 1.06 bits per heavy atom. The quantitative estimate of drug-likeness (QED) is 0.261. The van der Waals surface area contributed by atoms with E-state index in [1.54, 1.807) is 6.92 Å². The SMILES string of the molecule is CC(=O)n1c2ccccc2c2cc(-c3cccc(-n4c5ccccc5c5ccccc54)c3)ccc21. The highest BCUT2D eigenvalue weighted by Gasteiger charge is 2.15. The maximum absolute atomic E-state index is 12.4. The molecule has 0 aliphatic rings. The van der Waals surface area contributed by atoms with Gasteiger partial charge in [-0.3, -0.25) is 9.36 Å². The fourth-order valence-corrected chi connectivity index (χ4v) is 5.52. The van der Waals surface area contributed by atoms with Gasteiger partial charge in [0.05, 0.1) is 22.1 Å². The van der Waals surface area contributed by atoms with Crippen LogP contribution in [0.4, 0.5) is 0 Å². The van der Waals surface area contributed by atoms with Crippen molar-refractivity contribution in [1.82, 2.24) is 9.13 Å². The summed E-state index contributed by atoms with van der Waals surface area (Å²) in [6, 6.07) is 40.4. The number of fused-ring (bicyclic) bond motifs is 6. The lowest BCUT2D eigenvalue weighted by Crippen LogP contribution is -2.04. The third-order valence-corrected chi connectivity index (χ3v) is 7.01. The van der Waals surface area contributed by atoms with Crippen molar-refractivity contribution in [3.63, 3.8) is 0 Å². The Morgan fingerprint density at radius 3 is 1.71 bits per heavy atom. The van der Waals surface area contributed by atoms with Gasteiger partial charge in [0.15, 0.2) is 0 Å². The van der Waals surface area contributed by atoms with E-state index in [1.807, 2.05) is 22.8 Å². The molecule has 0 radical (unpaired) electrons. The largest absolute Gasteiger partial charge is 0.309 e. The fourth-order valence-electron chi connectivity index (χ4n) is 5.52. The fraction of sp³-hybridized carbons (Fsp3) is 0.0312. The van der Waals surface area contributed by atoms with E-state index in [1.165, 1.54) is 21.8 Å². The van der Waals surface area contributed by atoms with Gasteiger partial charge in [0.25, 0.3) is 0 Å². The molecule has 3 heteroatoms. The minimum Gasteiger partial charge on any atom is -0.309 e. The molecular weight excluding hydrogens is 428 g/mol. The maximum atomic E-state index is 12.4. The molecule has 0 aliphatic heterocycles. The van der Waals surface area contributed by atoms with E-state index in [9.17, 15) is 4.79 Å². The topological polar surface area (TPSA) is 26.9 Å². The zero-order valence-corrected chi connectivity index (χ0v) is 19.3. The number of rotatable bonds is 2. The zero-order chi connectivity index (χ0) is 23.5. The van der Waals surface area contributed by atoms with Crippen molar-refractivity contribution in [3.8, 4) is 16.8 Å². The molecule has 3 nitrogen and oxygen atoms in total. The predicted molar refractivity (Wildman–Crippen MR) is 146 cm³/mol. The van der Waals surface area contributed by atoms with Gasteiger partial charge in [0, 0.05) is 34.2 Å². The summed E-state index contributed by atoms with van der Waals surface area (Å²) >= 11 is 0. The summed E-state index contributed by atoms with van der Waals surface area (Å²) in [5.41, 5.74) is 7.70. The summed E-state index contributed by atoms with van der Waals surface area (Å²) in [6.45, 7) is 1.62. The molecule has 0 aliphatic carbocycles. The van der Waals surface area contributed by atoms with Crippen LogP contribution in [0, 0.1) is 0 Å². The van der Waals surface area contributed by atoms with Crippen molar-refractivity contribution in [2.24, 2.45) is 0 Å². The van der Waals surface area contributed by atoms with Crippen LogP contribution < -0.4 is 0 Å². The normalized spacial score (nSPS) is 11.7. The van der Waals surface area contributed by atoms with Crippen LogP contribution in [0.25, 0.3) is 60.4 Å². The van der Waals surface area contributed by atoms with Crippen LogP contribution in [0.5, 0.6) is 0 Å². The molecule has 2 aromatic heterocycles. The smallest absolute Gasteiger partial charge is 0.228 e. The molecule has 166 valence electrons. The Kier molecular flexibility index (Phi) is 4.21. The summed E-state index contributed by atoms with van der Waals surface area (Å²) in [5.74, 6) is 0.0253. The Hall–Kier alpha value is -4.63. The molecule has 0 bridgehead atoms. The molecule has 0 fully saturated rings. The zero-order valence-electron chi connectivity index (χ0n) is 19.3. The monoisotopic (exact) mass is 450 g/mol. The molecule has 0 amide bonds. The van der Waals surface area contributed by atoms with E-state index in [0.29, 0.717) is 0 Å². The minimum absolute atomic E-state index is 0.0253. The van der Waals surface area contributed by atoms with Gasteiger partial charge in [0.1, 0.15) is 0 Å². The Balaban J connectivity index is 1.46. The van der Waals surface area contributed by atoms with E-state index >= 15 is 0 Å². The van der Waals surface area contributed by atoms with Crippen molar-refractivity contribution in [1.29, 1.82) is 0 Å². The number of benzene rings is 5. The molecule has 35 heavy (non-hydrogen) atoms. The van der Waals surface area contributed by atoms with Gasteiger partial charge in [-0.1, -0.05) is 72.8 Å². The lowest BCUT2D eigenvalue weighted by atomic mass is 10.0. The molecule has 0 atom stereocenters. The summed E-state index contributed by atoms with van der Waals surface area (Å²) in [5, 5.41) is 4.70. The van der Waals surface area contributed by atoms with Crippen molar-refractivity contribution >= 4 is 49.5 Å². The Bertz CT molecular complexity index is 1880. The van der Waals surface area contributed by atoms with Gasteiger partial charge < -0.3 is 4.57 Å². The standard InChI is InChI=1S/C32H22N2O/c1-21(35)33-29-14-5-4-13-27(29)28-20-23(17-18-32(28)33)22-9-8-10-24(19-22)34-30-15-6-2-11-25(30)26-12-3-7-16-31(26)34/h2-20H,1H3. The molecule has 0 saturated heterocycles. The Morgan fingerprint density at radius 1 is 0.514 bits per heavy atom. The van der Waals surface area contributed by atoms with Crippen LogP contribution >= 0.6 is 0 Å². The molecule has 7 aromatic rings. The number of nitrogens with zero attached hydrogens (tertiary/aromatic N) is 2. The highest BCUT2D eigenvalue weighted by molar-refractivity contribution is 6.14. The first kappa shape index (κ1) is 19.8.